The van der Waals surface area contributed by atoms with Gasteiger partial charge < -0.3 is 5.73 Å². The lowest BCUT2D eigenvalue weighted by atomic mass is 9.89. The largest absolute Gasteiger partial charge is 0.369 e. The Kier molecular flexibility index (Phi) is 4.49. The minimum Gasteiger partial charge on any atom is -0.369 e. The second-order valence-electron chi connectivity index (χ2n) is 6.84. The van der Waals surface area contributed by atoms with Crippen molar-refractivity contribution < 1.29 is 4.79 Å². The van der Waals surface area contributed by atoms with Gasteiger partial charge >= 0.3 is 0 Å². The van der Waals surface area contributed by atoms with E-state index in [1.165, 1.54) is 6.33 Å². The molecule has 28 heavy (non-hydrogen) atoms. The molecule has 4 aromatic rings. The molecule has 2 heterocycles. The van der Waals surface area contributed by atoms with E-state index in [-0.39, 0.29) is 5.91 Å². The Morgan fingerprint density at radius 2 is 1.64 bits per heavy atom. The van der Waals surface area contributed by atoms with Crippen molar-refractivity contribution in [1.82, 2.24) is 14.6 Å². The molecule has 1 atom stereocenters. The standard InChI is InChI=1S/C23H20N4O/c1-15(2)16-3-7-18(8-4-16)22(23(24)28)19-9-5-17(6-10-19)20-11-12-27-21(13-20)25-14-26-27/h3-14,22H,1H2,2H3,(H2,24,28). The molecule has 0 aliphatic rings. The third-order valence-corrected chi connectivity index (χ3v) is 4.88. The van der Waals surface area contributed by atoms with Crippen molar-refractivity contribution in [2.75, 3.05) is 0 Å². The summed E-state index contributed by atoms with van der Waals surface area (Å²) in [4.78, 5) is 16.4. The lowest BCUT2D eigenvalue weighted by Gasteiger charge is -2.16. The quantitative estimate of drug-likeness (QED) is 0.578. The Morgan fingerprint density at radius 1 is 1.00 bits per heavy atom. The molecule has 0 radical (unpaired) electrons. The Balaban J connectivity index is 1.66. The zero-order valence-corrected chi connectivity index (χ0v) is 15.5. The fourth-order valence-corrected chi connectivity index (χ4v) is 3.34. The third-order valence-electron chi connectivity index (χ3n) is 4.88. The van der Waals surface area contributed by atoms with Crippen molar-refractivity contribution in [3.63, 3.8) is 0 Å². The third kappa shape index (κ3) is 3.30. The number of aromatic nitrogens is 3. The van der Waals surface area contributed by atoms with E-state index in [0.29, 0.717) is 0 Å². The molecule has 1 unspecified atom stereocenters. The smallest absolute Gasteiger partial charge is 0.229 e. The first-order valence-corrected chi connectivity index (χ1v) is 8.98. The minimum absolute atomic E-state index is 0.374. The SMILES string of the molecule is C=C(C)c1ccc(C(C(N)=O)c2ccc(-c3ccn4ncnc4c3)cc2)cc1. The fraction of sp³-hybridized carbons (Fsp3) is 0.0870. The molecule has 0 fully saturated rings. The topological polar surface area (TPSA) is 73.3 Å². The van der Waals surface area contributed by atoms with Crippen molar-refractivity contribution >= 4 is 17.1 Å². The van der Waals surface area contributed by atoms with Crippen LogP contribution in [0.25, 0.3) is 22.3 Å². The first kappa shape index (κ1) is 17.7. The van der Waals surface area contributed by atoms with Crippen LogP contribution in [-0.2, 0) is 4.79 Å². The highest BCUT2D eigenvalue weighted by Gasteiger charge is 2.20. The van der Waals surface area contributed by atoms with Gasteiger partial charge in [0.15, 0.2) is 5.65 Å². The molecule has 0 bridgehead atoms. The highest BCUT2D eigenvalue weighted by atomic mass is 16.1. The summed E-state index contributed by atoms with van der Waals surface area (Å²) < 4.78 is 1.72. The number of nitrogens with zero attached hydrogens (tertiary/aromatic N) is 3. The molecule has 4 rings (SSSR count). The van der Waals surface area contributed by atoms with E-state index in [0.717, 1.165) is 39.0 Å². The maximum absolute atomic E-state index is 12.2. The zero-order chi connectivity index (χ0) is 19.7. The number of hydrogen-bond acceptors (Lipinski definition) is 3. The lowest BCUT2D eigenvalue weighted by Crippen LogP contribution is -2.22. The van der Waals surface area contributed by atoms with E-state index in [4.69, 9.17) is 5.73 Å². The number of carbonyl (C=O) groups is 1. The molecular weight excluding hydrogens is 348 g/mol. The van der Waals surface area contributed by atoms with Crippen LogP contribution in [0.5, 0.6) is 0 Å². The number of hydrogen-bond donors (Lipinski definition) is 1. The Bertz CT molecular complexity index is 1160. The molecule has 138 valence electrons. The van der Waals surface area contributed by atoms with Crippen LogP contribution in [0, 0.1) is 0 Å². The number of allylic oxidation sites excluding steroid dienone is 1. The lowest BCUT2D eigenvalue weighted by molar-refractivity contribution is -0.118. The molecule has 5 heteroatoms. The van der Waals surface area contributed by atoms with E-state index in [9.17, 15) is 4.79 Å². The predicted molar refractivity (Wildman–Crippen MR) is 111 cm³/mol. The van der Waals surface area contributed by atoms with Gasteiger partial charge in [0.2, 0.25) is 5.91 Å². The monoisotopic (exact) mass is 368 g/mol. The average molecular weight is 368 g/mol. The average Bonchev–Trinajstić information content (AvgIpc) is 3.16. The van der Waals surface area contributed by atoms with Crippen LogP contribution in [0.15, 0.2) is 79.8 Å². The molecule has 0 spiro atoms. The van der Waals surface area contributed by atoms with Gasteiger partial charge in [-0.1, -0.05) is 60.7 Å². The van der Waals surface area contributed by atoms with Gasteiger partial charge in [-0.2, -0.15) is 5.10 Å². The molecule has 2 aromatic heterocycles. The van der Waals surface area contributed by atoms with E-state index in [1.54, 1.807) is 4.52 Å². The van der Waals surface area contributed by atoms with E-state index in [1.807, 2.05) is 73.8 Å². The molecule has 1 amide bonds. The number of primary amides is 1. The number of pyridine rings is 1. The van der Waals surface area contributed by atoms with Crippen LogP contribution in [0.2, 0.25) is 0 Å². The van der Waals surface area contributed by atoms with Crippen LogP contribution in [0.4, 0.5) is 0 Å². The Labute approximate surface area is 163 Å². The van der Waals surface area contributed by atoms with E-state index < -0.39 is 5.92 Å². The second kappa shape index (κ2) is 7.12. The zero-order valence-electron chi connectivity index (χ0n) is 15.5. The van der Waals surface area contributed by atoms with Gasteiger partial charge in [-0.15, -0.1) is 0 Å². The maximum Gasteiger partial charge on any atom is 0.229 e. The number of carbonyl (C=O) groups excluding carboxylic acids is 1. The van der Waals surface area contributed by atoms with Gasteiger partial charge in [0, 0.05) is 6.20 Å². The first-order valence-electron chi connectivity index (χ1n) is 8.98. The van der Waals surface area contributed by atoms with Crippen molar-refractivity contribution in [2.45, 2.75) is 12.8 Å². The highest BCUT2D eigenvalue weighted by molar-refractivity contribution is 5.86. The summed E-state index contributed by atoms with van der Waals surface area (Å²) in [5, 5.41) is 4.11. The van der Waals surface area contributed by atoms with Crippen LogP contribution < -0.4 is 5.73 Å². The predicted octanol–water partition coefficient (Wildman–Crippen LogP) is 4.05. The summed E-state index contributed by atoms with van der Waals surface area (Å²) in [6.07, 6.45) is 3.40. The van der Waals surface area contributed by atoms with Crippen LogP contribution in [-0.4, -0.2) is 20.5 Å². The molecule has 0 aliphatic heterocycles. The second-order valence-corrected chi connectivity index (χ2v) is 6.84. The number of nitrogens with two attached hydrogens (primary N) is 1. The maximum atomic E-state index is 12.2. The first-order chi connectivity index (χ1) is 13.5. The van der Waals surface area contributed by atoms with Gasteiger partial charge in [0.05, 0.1) is 5.92 Å². The molecule has 2 aromatic carbocycles. The molecule has 5 nitrogen and oxygen atoms in total. The molecule has 0 saturated heterocycles. The van der Waals surface area contributed by atoms with E-state index in [2.05, 4.69) is 16.7 Å². The van der Waals surface area contributed by atoms with E-state index >= 15 is 0 Å². The summed E-state index contributed by atoms with van der Waals surface area (Å²) in [6.45, 7) is 5.90. The summed E-state index contributed by atoms with van der Waals surface area (Å²) in [7, 11) is 0. The van der Waals surface area contributed by atoms with Crippen molar-refractivity contribution in [3.8, 4) is 11.1 Å². The fourth-order valence-electron chi connectivity index (χ4n) is 3.34. The normalized spacial score (nSPS) is 12.0. The summed E-state index contributed by atoms with van der Waals surface area (Å²) in [5.41, 5.74) is 12.3. The minimum atomic E-state index is -0.493. The highest BCUT2D eigenvalue weighted by Crippen LogP contribution is 2.28. The van der Waals surface area contributed by atoms with Gasteiger partial charge in [-0.25, -0.2) is 9.50 Å². The van der Waals surface area contributed by atoms with Crippen LogP contribution >= 0.6 is 0 Å². The molecular formula is C23H20N4O. The molecule has 0 aliphatic carbocycles. The van der Waals surface area contributed by atoms with Gasteiger partial charge in [-0.05, 0) is 46.9 Å². The van der Waals surface area contributed by atoms with Crippen molar-refractivity contribution in [3.05, 3.63) is 96.5 Å². The summed E-state index contributed by atoms with van der Waals surface area (Å²) >= 11 is 0. The number of fused-ring (bicyclic) bond motifs is 1. The number of amides is 1. The summed E-state index contributed by atoms with van der Waals surface area (Å²) in [5.74, 6) is -0.868. The summed E-state index contributed by atoms with van der Waals surface area (Å²) in [6, 6.07) is 19.7. The van der Waals surface area contributed by atoms with Crippen molar-refractivity contribution in [2.24, 2.45) is 5.73 Å². The van der Waals surface area contributed by atoms with Crippen LogP contribution in [0.1, 0.15) is 29.5 Å². The number of benzene rings is 2. The van der Waals surface area contributed by atoms with Gasteiger partial charge in [0.25, 0.3) is 0 Å². The molecule has 2 N–H and O–H groups in total. The molecule has 0 saturated carbocycles. The van der Waals surface area contributed by atoms with Gasteiger partial charge in [0.1, 0.15) is 6.33 Å². The number of rotatable bonds is 5. The van der Waals surface area contributed by atoms with Crippen molar-refractivity contribution in [1.29, 1.82) is 0 Å². The van der Waals surface area contributed by atoms with Gasteiger partial charge in [-0.3, -0.25) is 4.79 Å². The Hall–Kier alpha value is -3.73. The van der Waals surface area contributed by atoms with Crippen LogP contribution in [0.3, 0.4) is 0 Å². The Morgan fingerprint density at radius 3 is 2.25 bits per heavy atom.